The van der Waals surface area contributed by atoms with Crippen LogP contribution in [0.15, 0.2) is 77.7 Å². The first-order chi connectivity index (χ1) is 18.1. The van der Waals surface area contributed by atoms with E-state index in [4.69, 9.17) is 5.73 Å². The lowest BCUT2D eigenvalue weighted by Gasteiger charge is -2.10. The van der Waals surface area contributed by atoms with Crippen LogP contribution in [-0.2, 0) is 16.4 Å². The minimum atomic E-state index is -4.32. The molecule has 3 aromatic carbocycles. The molecule has 4 aromatic rings. The third-order valence-corrected chi connectivity index (χ3v) is 7.32. The van der Waals surface area contributed by atoms with Crippen LogP contribution in [0.25, 0.3) is 16.8 Å². The second-order valence-corrected chi connectivity index (χ2v) is 10.3. The van der Waals surface area contributed by atoms with Gasteiger partial charge in [0.2, 0.25) is 5.91 Å². The van der Waals surface area contributed by atoms with Gasteiger partial charge in [-0.1, -0.05) is 36.4 Å². The van der Waals surface area contributed by atoms with E-state index in [1.54, 1.807) is 18.2 Å². The number of carbonyl (C=O) groups excluding carboxylic acids is 2. The zero-order chi connectivity index (χ0) is 27.4. The molecule has 11 heteroatoms. The van der Waals surface area contributed by atoms with Crippen molar-refractivity contribution >= 4 is 22.0 Å². The number of nitrogens with one attached hydrogen (secondary N) is 2. The molecule has 0 atom stereocenters. The highest BCUT2D eigenvalue weighted by molar-refractivity contribution is 7.90. The Hall–Kier alpha value is -4.51. The van der Waals surface area contributed by atoms with Crippen molar-refractivity contribution in [1.82, 2.24) is 19.8 Å². The molecule has 4 rings (SSSR count). The highest BCUT2D eigenvalue weighted by Crippen LogP contribution is 2.29. The van der Waals surface area contributed by atoms with E-state index in [2.05, 4.69) is 10.4 Å². The Balaban J connectivity index is 1.40. The van der Waals surface area contributed by atoms with E-state index in [0.717, 1.165) is 45.9 Å². The summed E-state index contributed by atoms with van der Waals surface area (Å²) in [6.07, 6.45) is 0.440. The Labute approximate surface area is 219 Å². The van der Waals surface area contributed by atoms with E-state index in [-0.39, 0.29) is 6.54 Å². The van der Waals surface area contributed by atoms with Gasteiger partial charge in [0.25, 0.3) is 10.0 Å². The zero-order valence-corrected chi connectivity index (χ0v) is 21.5. The molecule has 0 aliphatic rings. The average Bonchev–Trinajstić information content (AvgIpc) is 3.18. The number of hydrogen-bond donors (Lipinski definition) is 3. The van der Waals surface area contributed by atoms with Gasteiger partial charge in [-0.2, -0.15) is 5.10 Å². The molecule has 0 aliphatic heterocycles. The predicted octanol–water partition coefficient (Wildman–Crippen LogP) is 3.62. The molecule has 0 aliphatic carbocycles. The number of nitrogens with zero attached hydrogens (tertiary/aromatic N) is 2. The lowest BCUT2D eigenvalue weighted by molar-refractivity contribution is 0.1000. The number of halogens is 1. The molecule has 0 saturated carbocycles. The molecule has 1 heterocycles. The molecule has 38 heavy (non-hydrogen) atoms. The lowest BCUT2D eigenvalue weighted by atomic mass is 10.0. The van der Waals surface area contributed by atoms with Crippen LogP contribution in [0.2, 0.25) is 0 Å². The van der Waals surface area contributed by atoms with Crippen molar-refractivity contribution in [2.24, 2.45) is 5.73 Å². The van der Waals surface area contributed by atoms with Crippen LogP contribution in [0.4, 0.5) is 9.18 Å². The maximum absolute atomic E-state index is 13.8. The molecule has 0 unspecified atom stereocenters. The van der Waals surface area contributed by atoms with E-state index < -0.39 is 32.7 Å². The van der Waals surface area contributed by atoms with Crippen LogP contribution >= 0.6 is 0 Å². The van der Waals surface area contributed by atoms with Crippen LogP contribution in [-0.4, -0.2) is 36.7 Å². The standard InChI is InChI=1S/C27H26FN5O4S/c1-17-25(20-6-5-7-21(16-20)26(29)34)18(2)33(31-17)22-12-10-19(11-13-22)14-15-30-27(35)32-38(36,37)24-9-4-3-8-23(24)28/h3-13,16H,14-15H2,1-2H3,(H2,29,34)(H2,30,32,35). The van der Waals surface area contributed by atoms with Gasteiger partial charge in [-0.15, -0.1) is 0 Å². The first-order valence-corrected chi connectivity index (χ1v) is 13.2. The van der Waals surface area contributed by atoms with Gasteiger partial charge in [0.1, 0.15) is 10.7 Å². The Bertz CT molecular complexity index is 1610. The topological polar surface area (TPSA) is 136 Å². The number of benzene rings is 3. The number of carbonyl (C=O) groups is 2. The van der Waals surface area contributed by atoms with Gasteiger partial charge in [0.15, 0.2) is 0 Å². The number of urea groups is 1. The highest BCUT2D eigenvalue weighted by Gasteiger charge is 2.21. The maximum atomic E-state index is 13.8. The summed E-state index contributed by atoms with van der Waals surface area (Å²) in [5.41, 5.74) is 11.0. The molecular formula is C27H26FN5O4S. The molecule has 0 saturated heterocycles. The van der Waals surface area contributed by atoms with Crippen molar-refractivity contribution in [1.29, 1.82) is 0 Å². The molecule has 3 amide bonds. The second-order valence-electron chi connectivity index (χ2n) is 8.61. The number of aryl methyl sites for hydroxylation is 1. The van der Waals surface area contributed by atoms with E-state index in [0.29, 0.717) is 12.0 Å². The van der Waals surface area contributed by atoms with Crippen LogP contribution in [0.5, 0.6) is 0 Å². The fraction of sp³-hybridized carbons (Fsp3) is 0.148. The molecule has 0 radical (unpaired) electrons. The van der Waals surface area contributed by atoms with Crippen molar-refractivity contribution in [3.05, 3.63) is 101 Å². The molecule has 0 spiro atoms. The summed E-state index contributed by atoms with van der Waals surface area (Å²) in [6, 6.07) is 18.5. The van der Waals surface area contributed by atoms with Crippen LogP contribution < -0.4 is 15.8 Å². The van der Waals surface area contributed by atoms with Gasteiger partial charge >= 0.3 is 6.03 Å². The Kier molecular flexibility index (Phi) is 7.58. The molecule has 196 valence electrons. The molecular weight excluding hydrogens is 509 g/mol. The first-order valence-electron chi connectivity index (χ1n) is 11.7. The average molecular weight is 536 g/mol. The van der Waals surface area contributed by atoms with Crippen LogP contribution in [0.1, 0.15) is 27.3 Å². The van der Waals surface area contributed by atoms with Gasteiger partial charge in [0, 0.05) is 23.4 Å². The largest absolute Gasteiger partial charge is 0.366 e. The van der Waals surface area contributed by atoms with Crippen molar-refractivity contribution in [2.75, 3.05) is 6.54 Å². The number of nitrogens with two attached hydrogens (primary N) is 1. The van der Waals surface area contributed by atoms with Gasteiger partial charge < -0.3 is 11.1 Å². The van der Waals surface area contributed by atoms with Crippen molar-refractivity contribution < 1.29 is 22.4 Å². The zero-order valence-electron chi connectivity index (χ0n) is 20.7. The SMILES string of the molecule is Cc1nn(-c2ccc(CCNC(=O)NS(=O)(=O)c3ccccc3F)cc2)c(C)c1-c1cccc(C(N)=O)c1. The summed E-state index contributed by atoms with van der Waals surface area (Å²) in [5, 5.41) is 7.13. The van der Waals surface area contributed by atoms with E-state index >= 15 is 0 Å². The molecule has 9 nitrogen and oxygen atoms in total. The maximum Gasteiger partial charge on any atom is 0.328 e. The minimum Gasteiger partial charge on any atom is -0.366 e. The number of amides is 3. The molecule has 0 fully saturated rings. The fourth-order valence-corrected chi connectivity index (χ4v) is 5.15. The smallest absolute Gasteiger partial charge is 0.328 e. The summed E-state index contributed by atoms with van der Waals surface area (Å²) in [6.45, 7) is 4.00. The van der Waals surface area contributed by atoms with E-state index in [9.17, 15) is 22.4 Å². The third kappa shape index (κ3) is 5.73. The van der Waals surface area contributed by atoms with Crippen LogP contribution in [0, 0.1) is 19.7 Å². The minimum absolute atomic E-state index is 0.165. The number of rotatable bonds is 8. The second kappa shape index (κ2) is 10.9. The summed E-state index contributed by atoms with van der Waals surface area (Å²) in [7, 11) is -4.32. The molecule has 1 aromatic heterocycles. The normalized spacial score (nSPS) is 11.2. The number of sulfonamides is 1. The van der Waals surface area contributed by atoms with Gasteiger partial charge in [-0.3, -0.25) is 4.79 Å². The lowest BCUT2D eigenvalue weighted by Crippen LogP contribution is -2.40. The van der Waals surface area contributed by atoms with E-state index in [1.807, 2.05) is 53.6 Å². The summed E-state index contributed by atoms with van der Waals surface area (Å²) >= 11 is 0. The number of aromatic nitrogens is 2. The van der Waals surface area contributed by atoms with Gasteiger partial charge in [-0.05, 0) is 67.8 Å². The molecule has 0 bridgehead atoms. The van der Waals surface area contributed by atoms with Crippen molar-refractivity contribution in [2.45, 2.75) is 25.2 Å². The summed E-state index contributed by atoms with van der Waals surface area (Å²) in [4.78, 5) is 23.1. The van der Waals surface area contributed by atoms with Gasteiger partial charge in [-0.25, -0.2) is 27.0 Å². The Morgan fingerprint density at radius 1 is 1.00 bits per heavy atom. The summed E-state index contributed by atoms with van der Waals surface area (Å²) in [5.74, 6) is -1.44. The monoisotopic (exact) mass is 535 g/mol. The van der Waals surface area contributed by atoms with Crippen molar-refractivity contribution in [3.63, 3.8) is 0 Å². The fourth-order valence-electron chi connectivity index (χ4n) is 4.14. The van der Waals surface area contributed by atoms with Crippen LogP contribution in [0.3, 0.4) is 0 Å². The predicted molar refractivity (Wildman–Crippen MR) is 141 cm³/mol. The first kappa shape index (κ1) is 26.6. The van der Waals surface area contributed by atoms with Crippen molar-refractivity contribution in [3.8, 4) is 16.8 Å². The number of primary amides is 1. The quantitative estimate of drug-likeness (QED) is 0.317. The molecule has 4 N–H and O–H groups in total. The third-order valence-electron chi connectivity index (χ3n) is 5.96. The van der Waals surface area contributed by atoms with E-state index in [1.165, 1.54) is 12.1 Å². The summed E-state index contributed by atoms with van der Waals surface area (Å²) < 4.78 is 41.8. The highest BCUT2D eigenvalue weighted by atomic mass is 32.2. The Morgan fingerprint density at radius 3 is 2.39 bits per heavy atom. The number of hydrogen-bond acceptors (Lipinski definition) is 5. The Morgan fingerprint density at radius 2 is 1.71 bits per heavy atom. The van der Waals surface area contributed by atoms with Gasteiger partial charge in [0.05, 0.1) is 11.4 Å².